The second-order valence-corrected chi connectivity index (χ2v) is 14.3. The molecule has 194 valence electrons. The smallest absolute Gasteiger partial charge is 0.0658 e. The third-order valence-corrected chi connectivity index (χ3v) is 12.7. The molecule has 34 heavy (non-hydrogen) atoms. The Labute approximate surface area is 213 Å². The van der Waals surface area contributed by atoms with Crippen molar-refractivity contribution in [1.82, 2.24) is 0 Å². The highest BCUT2D eigenvalue weighted by Crippen LogP contribution is 2.67. The highest BCUT2D eigenvalue weighted by molar-refractivity contribution is 5.08. The number of nitriles is 1. The van der Waals surface area contributed by atoms with Crippen molar-refractivity contribution < 1.29 is 0 Å². The molecule has 4 aliphatic rings. The first-order chi connectivity index (χ1) is 16.3. The zero-order valence-corrected chi connectivity index (χ0v) is 23.7. The maximum absolute atomic E-state index is 9.81. The molecule has 0 aromatic rings. The molecule has 0 heterocycles. The van der Waals surface area contributed by atoms with Crippen molar-refractivity contribution in [2.75, 3.05) is 0 Å². The van der Waals surface area contributed by atoms with Gasteiger partial charge < -0.3 is 0 Å². The Bertz CT molecular complexity index is 702. The number of hydrogen-bond acceptors (Lipinski definition) is 1. The summed E-state index contributed by atoms with van der Waals surface area (Å²) >= 11 is 0. The standard InChI is InChI=1S/C33H57N/c1-7-10-27-16-17-28-29-18-14-24(4)31(23(3)13-15-26(22-34)25-11-9-12-25)33(29,6)21-19-30(28)32(27,5)20-8-2/h23-31H,7-21H2,1-6H3/t23-,24-,26?,27?,28+,29?,30?,31?,32+,33+/m1/s1. The molecule has 0 radical (unpaired) electrons. The van der Waals surface area contributed by atoms with Crippen LogP contribution in [0.4, 0.5) is 0 Å². The summed E-state index contributed by atoms with van der Waals surface area (Å²) in [5, 5.41) is 9.81. The van der Waals surface area contributed by atoms with Gasteiger partial charge in [0.05, 0.1) is 6.07 Å². The Morgan fingerprint density at radius 3 is 2.29 bits per heavy atom. The van der Waals surface area contributed by atoms with Crippen LogP contribution >= 0.6 is 0 Å². The summed E-state index contributed by atoms with van der Waals surface area (Å²) in [6.45, 7) is 15.5. The van der Waals surface area contributed by atoms with Crippen LogP contribution in [0.3, 0.4) is 0 Å². The molecule has 0 spiro atoms. The highest BCUT2D eigenvalue weighted by Gasteiger charge is 2.59. The predicted molar refractivity (Wildman–Crippen MR) is 145 cm³/mol. The van der Waals surface area contributed by atoms with Crippen LogP contribution in [-0.2, 0) is 0 Å². The average molecular weight is 468 g/mol. The van der Waals surface area contributed by atoms with Gasteiger partial charge in [-0.3, -0.25) is 0 Å². The molecule has 0 aromatic carbocycles. The molecule has 4 saturated carbocycles. The van der Waals surface area contributed by atoms with Crippen molar-refractivity contribution in [2.45, 2.75) is 138 Å². The third-order valence-electron chi connectivity index (χ3n) is 12.7. The molecular weight excluding hydrogens is 410 g/mol. The normalized spacial score (nSPS) is 44.3. The van der Waals surface area contributed by atoms with Crippen molar-refractivity contribution in [2.24, 2.45) is 64.1 Å². The Kier molecular flexibility index (Phi) is 8.47. The minimum absolute atomic E-state index is 0.332. The predicted octanol–water partition coefficient (Wildman–Crippen LogP) is 10.1. The van der Waals surface area contributed by atoms with Gasteiger partial charge in [0.1, 0.15) is 0 Å². The average Bonchev–Trinajstić information content (AvgIpc) is 2.76. The van der Waals surface area contributed by atoms with Gasteiger partial charge in [0.25, 0.3) is 0 Å². The summed E-state index contributed by atoms with van der Waals surface area (Å²) in [5.41, 5.74) is 1.11. The SMILES string of the molecule is CCCC1CC[C@@H]2C(CC[C@@]3(C)C2CC[C@@H](C)C3[C@H](C)CCC(C#N)C2CCC2)[C@@]1(C)CCC. The summed E-state index contributed by atoms with van der Waals surface area (Å²) in [7, 11) is 0. The zero-order valence-electron chi connectivity index (χ0n) is 23.7. The highest BCUT2D eigenvalue weighted by atomic mass is 14.6. The van der Waals surface area contributed by atoms with Gasteiger partial charge in [-0.15, -0.1) is 0 Å². The fraction of sp³-hybridized carbons (Fsp3) is 0.970. The summed E-state index contributed by atoms with van der Waals surface area (Å²) in [5.74, 6) is 7.41. The number of hydrogen-bond donors (Lipinski definition) is 0. The molecule has 0 saturated heterocycles. The van der Waals surface area contributed by atoms with Gasteiger partial charge in [0.15, 0.2) is 0 Å². The molecule has 0 bridgehead atoms. The zero-order chi connectivity index (χ0) is 24.5. The Balaban J connectivity index is 1.51. The van der Waals surface area contributed by atoms with E-state index in [1.807, 2.05) is 0 Å². The van der Waals surface area contributed by atoms with Crippen molar-refractivity contribution in [3.63, 3.8) is 0 Å². The van der Waals surface area contributed by atoms with E-state index in [0.29, 0.717) is 22.7 Å². The molecule has 1 nitrogen and oxygen atoms in total. The fourth-order valence-corrected chi connectivity index (χ4v) is 10.9. The minimum Gasteiger partial charge on any atom is -0.198 e. The van der Waals surface area contributed by atoms with Crippen molar-refractivity contribution in [3.05, 3.63) is 0 Å². The molecule has 4 rings (SSSR count). The van der Waals surface area contributed by atoms with Crippen LogP contribution in [0.1, 0.15) is 138 Å². The summed E-state index contributed by atoms with van der Waals surface area (Å²) in [6, 6.07) is 2.71. The van der Waals surface area contributed by atoms with E-state index in [1.165, 1.54) is 89.9 Å². The molecule has 4 fully saturated rings. The molecule has 0 amide bonds. The topological polar surface area (TPSA) is 23.8 Å². The lowest BCUT2D eigenvalue weighted by molar-refractivity contribution is -0.154. The molecule has 5 unspecified atom stereocenters. The first-order valence-electron chi connectivity index (χ1n) is 15.7. The third kappa shape index (κ3) is 4.63. The quantitative estimate of drug-likeness (QED) is 0.331. The number of rotatable bonds is 9. The maximum atomic E-state index is 9.81. The van der Waals surface area contributed by atoms with Crippen LogP contribution in [0.15, 0.2) is 0 Å². The van der Waals surface area contributed by atoms with E-state index in [1.54, 1.807) is 0 Å². The van der Waals surface area contributed by atoms with Crippen molar-refractivity contribution in [3.8, 4) is 6.07 Å². The Hall–Kier alpha value is -0.510. The largest absolute Gasteiger partial charge is 0.198 e. The maximum Gasteiger partial charge on any atom is 0.0658 e. The Morgan fingerprint density at radius 2 is 1.68 bits per heavy atom. The van der Waals surface area contributed by atoms with Crippen molar-refractivity contribution >= 4 is 0 Å². The van der Waals surface area contributed by atoms with Gasteiger partial charge >= 0.3 is 0 Å². The van der Waals surface area contributed by atoms with Crippen LogP contribution in [0.5, 0.6) is 0 Å². The number of fused-ring (bicyclic) bond motifs is 3. The van der Waals surface area contributed by atoms with Crippen LogP contribution in [0, 0.1) is 75.4 Å². The molecular formula is C33H57N. The van der Waals surface area contributed by atoms with E-state index in [4.69, 9.17) is 0 Å². The van der Waals surface area contributed by atoms with Gasteiger partial charge in [-0.1, -0.05) is 73.6 Å². The first-order valence-corrected chi connectivity index (χ1v) is 15.7. The van der Waals surface area contributed by atoms with Gasteiger partial charge in [-0.05, 0) is 122 Å². The summed E-state index contributed by atoms with van der Waals surface area (Å²) < 4.78 is 0. The number of nitrogens with zero attached hydrogens (tertiary/aromatic N) is 1. The van der Waals surface area contributed by atoms with E-state index in [2.05, 4.69) is 47.6 Å². The van der Waals surface area contributed by atoms with Gasteiger partial charge in [-0.2, -0.15) is 5.26 Å². The monoisotopic (exact) mass is 467 g/mol. The van der Waals surface area contributed by atoms with Crippen LogP contribution in [-0.4, -0.2) is 0 Å². The second-order valence-electron chi connectivity index (χ2n) is 14.3. The van der Waals surface area contributed by atoms with Gasteiger partial charge in [-0.25, -0.2) is 0 Å². The lowest BCUT2D eigenvalue weighted by Crippen LogP contribution is -2.57. The molecule has 10 atom stereocenters. The van der Waals surface area contributed by atoms with Crippen LogP contribution < -0.4 is 0 Å². The van der Waals surface area contributed by atoms with E-state index in [-0.39, 0.29) is 0 Å². The fourth-order valence-electron chi connectivity index (χ4n) is 10.9. The van der Waals surface area contributed by atoms with Crippen LogP contribution in [0.25, 0.3) is 0 Å². The van der Waals surface area contributed by atoms with Crippen LogP contribution in [0.2, 0.25) is 0 Å². The van der Waals surface area contributed by atoms with Gasteiger partial charge in [0.2, 0.25) is 0 Å². The van der Waals surface area contributed by atoms with E-state index < -0.39 is 0 Å². The summed E-state index contributed by atoms with van der Waals surface area (Å²) in [4.78, 5) is 0. The molecule has 0 aliphatic heterocycles. The van der Waals surface area contributed by atoms with E-state index in [0.717, 1.165) is 47.8 Å². The minimum atomic E-state index is 0.332. The molecule has 0 N–H and O–H groups in total. The summed E-state index contributed by atoms with van der Waals surface area (Å²) in [6.07, 6.45) is 21.0. The Morgan fingerprint density at radius 1 is 0.912 bits per heavy atom. The van der Waals surface area contributed by atoms with E-state index >= 15 is 0 Å². The lowest BCUT2D eigenvalue weighted by atomic mass is 9.40. The second kappa shape index (κ2) is 10.9. The van der Waals surface area contributed by atoms with Gasteiger partial charge in [0, 0.05) is 5.92 Å². The first kappa shape index (κ1) is 26.6. The van der Waals surface area contributed by atoms with E-state index in [9.17, 15) is 5.26 Å². The molecule has 4 aliphatic carbocycles. The lowest BCUT2D eigenvalue weighted by Gasteiger charge is -2.64. The van der Waals surface area contributed by atoms with Crippen molar-refractivity contribution in [1.29, 1.82) is 5.26 Å². The molecule has 1 heteroatoms. The molecule has 0 aromatic heterocycles.